The molecule has 1 rings (SSSR count). The highest BCUT2D eigenvalue weighted by Crippen LogP contribution is 2.21. The Labute approximate surface area is 175 Å². The van der Waals surface area contributed by atoms with Crippen LogP contribution in [0.4, 0.5) is 0 Å². The van der Waals surface area contributed by atoms with Gasteiger partial charge in [-0.2, -0.15) is 0 Å². The zero-order valence-electron chi connectivity index (χ0n) is 18.5. The third-order valence-corrected chi connectivity index (χ3v) is 5.43. The lowest BCUT2D eigenvalue weighted by molar-refractivity contribution is 0.0381. The van der Waals surface area contributed by atoms with E-state index in [-0.39, 0.29) is 16.9 Å². The zero-order chi connectivity index (χ0) is 21.6. The van der Waals surface area contributed by atoms with Crippen LogP contribution >= 0.6 is 0 Å². The molecule has 0 amide bonds. The highest BCUT2D eigenvalue weighted by molar-refractivity contribution is 6.03. The summed E-state index contributed by atoms with van der Waals surface area (Å²) in [6.45, 7) is 9.08. The van der Waals surface area contributed by atoms with E-state index in [0.29, 0.717) is 25.0 Å². The quantitative estimate of drug-likeness (QED) is 0.376. The number of rotatable bonds is 14. The SMILES string of the molecule is CCCCC(CC)COC(=O)c1ccc(O)cc1C(=O)OCC(CC)CCCC. The Morgan fingerprint density at radius 2 is 1.31 bits per heavy atom. The van der Waals surface area contributed by atoms with Crippen molar-refractivity contribution in [1.29, 1.82) is 0 Å². The molecular formula is C24H38O5. The predicted molar refractivity (Wildman–Crippen MR) is 115 cm³/mol. The van der Waals surface area contributed by atoms with Crippen molar-refractivity contribution in [1.82, 2.24) is 0 Å². The third kappa shape index (κ3) is 8.88. The molecule has 2 atom stereocenters. The van der Waals surface area contributed by atoms with Gasteiger partial charge in [0.15, 0.2) is 0 Å². The van der Waals surface area contributed by atoms with Gasteiger partial charge < -0.3 is 14.6 Å². The summed E-state index contributed by atoms with van der Waals surface area (Å²) in [6, 6.07) is 4.09. The van der Waals surface area contributed by atoms with Crippen molar-refractivity contribution < 1.29 is 24.2 Å². The molecule has 0 aliphatic carbocycles. The van der Waals surface area contributed by atoms with E-state index in [2.05, 4.69) is 27.7 Å². The maximum atomic E-state index is 12.6. The van der Waals surface area contributed by atoms with E-state index in [4.69, 9.17) is 9.47 Å². The van der Waals surface area contributed by atoms with Crippen molar-refractivity contribution in [2.24, 2.45) is 11.8 Å². The maximum Gasteiger partial charge on any atom is 0.339 e. The van der Waals surface area contributed by atoms with Gasteiger partial charge in [-0.1, -0.05) is 66.2 Å². The number of phenolic OH excluding ortho intramolecular Hbond substituents is 1. The molecule has 5 nitrogen and oxygen atoms in total. The van der Waals surface area contributed by atoms with Crippen molar-refractivity contribution in [3.8, 4) is 5.75 Å². The van der Waals surface area contributed by atoms with Gasteiger partial charge in [-0.05, 0) is 42.9 Å². The van der Waals surface area contributed by atoms with Crippen LogP contribution in [0, 0.1) is 11.8 Å². The smallest absolute Gasteiger partial charge is 0.339 e. The highest BCUT2D eigenvalue weighted by atomic mass is 16.5. The Hall–Kier alpha value is -2.04. The molecular weight excluding hydrogens is 368 g/mol. The molecule has 0 bridgehead atoms. The van der Waals surface area contributed by atoms with Gasteiger partial charge in [-0.3, -0.25) is 0 Å². The molecule has 0 fully saturated rings. The molecule has 164 valence electrons. The fourth-order valence-electron chi connectivity index (χ4n) is 3.22. The van der Waals surface area contributed by atoms with Crippen molar-refractivity contribution in [2.45, 2.75) is 79.1 Å². The Kier molecular flexibility index (Phi) is 12.1. The van der Waals surface area contributed by atoms with E-state index in [1.807, 2.05) is 0 Å². The Balaban J connectivity index is 2.79. The summed E-state index contributed by atoms with van der Waals surface area (Å²) < 4.78 is 10.9. The minimum atomic E-state index is -0.596. The van der Waals surface area contributed by atoms with E-state index in [1.54, 1.807) is 0 Å². The van der Waals surface area contributed by atoms with Crippen molar-refractivity contribution in [2.75, 3.05) is 13.2 Å². The highest BCUT2D eigenvalue weighted by Gasteiger charge is 2.22. The normalized spacial score (nSPS) is 13.0. The van der Waals surface area contributed by atoms with Crippen LogP contribution in [0.1, 0.15) is 99.8 Å². The summed E-state index contributed by atoms with van der Waals surface area (Å²) >= 11 is 0. The van der Waals surface area contributed by atoms with Crippen LogP contribution in [0.25, 0.3) is 0 Å². The van der Waals surface area contributed by atoms with Crippen molar-refractivity contribution in [3.05, 3.63) is 29.3 Å². The molecule has 1 N–H and O–H groups in total. The number of carbonyl (C=O) groups excluding carboxylic acids is 2. The van der Waals surface area contributed by atoms with E-state index >= 15 is 0 Å². The first-order valence-corrected chi connectivity index (χ1v) is 11.1. The van der Waals surface area contributed by atoms with Gasteiger partial charge in [-0.15, -0.1) is 0 Å². The molecule has 0 saturated carbocycles. The van der Waals surface area contributed by atoms with E-state index < -0.39 is 11.9 Å². The molecule has 0 aliphatic heterocycles. The van der Waals surface area contributed by atoms with Crippen LogP contribution in [0.15, 0.2) is 18.2 Å². The molecule has 0 spiro atoms. The third-order valence-electron chi connectivity index (χ3n) is 5.43. The Bertz CT molecular complexity index is 626. The summed E-state index contributed by atoms with van der Waals surface area (Å²) in [5.74, 6) is -0.613. The first kappa shape index (κ1) is 25.0. The fourth-order valence-corrected chi connectivity index (χ4v) is 3.22. The van der Waals surface area contributed by atoms with Crippen LogP contribution in [0.3, 0.4) is 0 Å². The molecule has 0 saturated heterocycles. The second-order valence-electron chi connectivity index (χ2n) is 7.76. The van der Waals surface area contributed by atoms with Gasteiger partial charge in [0.1, 0.15) is 5.75 Å². The number of hydrogen-bond acceptors (Lipinski definition) is 5. The number of aromatic hydroxyl groups is 1. The fraction of sp³-hybridized carbons (Fsp3) is 0.667. The molecule has 5 heteroatoms. The lowest BCUT2D eigenvalue weighted by Crippen LogP contribution is -2.19. The molecule has 0 aromatic heterocycles. The number of esters is 2. The molecule has 1 aromatic carbocycles. The number of benzene rings is 1. The summed E-state index contributed by atoms with van der Waals surface area (Å²) in [5, 5.41) is 9.80. The maximum absolute atomic E-state index is 12.6. The second kappa shape index (κ2) is 14.0. The van der Waals surface area contributed by atoms with Gasteiger partial charge in [-0.25, -0.2) is 9.59 Å². The van der Waals surface area contributed by atoms with Gasteiger partial charge in [0.25, 0.3) is 0 Å². The van der Waals surface area contributed by atoms with Crippen LogP contribution < -0.4 is 0 Å². The van der Waals surface area contributed by atoms with Crippen LogP contribution in [-0.2, 0) is 9.47 Å². The van der Waals surface area contributed by atoms with Gasteiger partial charge >= 0.3 is 11.9 Å². The van der Waals surface area contributed by atoms with E-state index in [9.17, 15) is 14.7 Å². The average molecular weight is 407 g/mol. The summed E-state index contributed by atoms with van der Waals surface area (Å²) in [6.07, 6.45) is 8.29. The van der Waals surface area contributed by atoms with Crippen molar-refractivity contribution in [3.63, 3.8) is 0 Å². The monoisotopic (exact) mass is 406 g/mol. The summed E-state index contributed by atoms with van der Waals surface area (Å²) in [5.41, 5.74) is 0.196. The molecule has 0 radical (unpaired) electrons. The lowest BCUT2D eigenvalue weighted by atomic mass is 10.0. The van der Waals surface area contributed by atoms with Gasteiger partial charge in [0.2, 0.25) is 0 Å². The molecule has 29 heavy (non-hydrogen) atoms. The predicted octanol–water partition coefficient (Wildman–Crippen LogP) is 6.14. The first-order valence-electron chi connectivity index (χ1n) is 11.1. The zero-order valence-corrected chi connectivity index (χ0v) is 18.5. The molecule has 2 unspecified atom stereocenters. The van der Waals surface area contributed by atoms with Gasteiger partial charge in [0, 0.05) is 0 Å². The number of phenols is 1. The Morgan fingerprint density at radius 1 is 0.828 bits per heavy atom. The number of hydrogen-bond donors (Lipinski definition) is 1. The van der Waals surface area contributed by atoms with Gasteiger partial charge in [0.05, 0.1) is 24.3 Å². The van der Waals surface area contributed by atoms with E-state index in [0.717, 1.165) is 51.4 Å². The van der Waals surface area contributed by atoms with Crippen LogP contribution in [0.5, 0.6) is 5.75 Å². The molecule has 0 heterocycles. The first-order chi connectivity index (χ1) is 14.0. The summed E-state index contributed by atoms with van der Waals surface area (Å²) in [4.78, 5) is 25.2. The number of unbranched alkanes of at least 4 members (excludes halogenated alkanes) is 2. The van der Waals surface area contributed by atoms with Crippen molar-refractivity contribution >= 4 is 11.9 Å². The topological polar surface area (TPSA) is 72.8 Å². The largest absolute Gasteiger partial charge is 0.508 e. The van der Waals surface area contributed by atoms with Crippen LogP contribution in [0.2, 0.25) is 0 Å². The van der Waals surface area contributed by atoms with E-state index in [1.165, 1.54) is 18.2 Å². The minimum Gasteiger partial charge on any atom is -0.508 e. The standard InChI is InChI=1S/C24H38O5/c1-5-9-11-18(7-3)16-28-23(26)21-14-13-20(25)15-22(21)24(27)29-17-19(8-4)12-10-6-2/h13-15,18-19,25H,5-12,16-17H2,1-4H3. The Morgan fingerprint density at radius 3 is 1.76 bits per heavy atom. The molecule has 0 aliphatic rings. The molecule has 1 aromatic rings. The average Bonchev–Trinajstić information content (AvgIpc) is 2.73. The summed E-state index contributed by atoms with van der Waals surface area (Å²) in [7, 11) is 0. The lowest BCUT2D eigenvalue weighted by Gasteiger charge is -2.17. The van der Waals surface area contributed by atoms with Crippen LogP contribution in [-0.4, -0.2) is 30.3 Å². The number of carbonyl (C=O) groups is 2. The second-order valence-corrected chi connectivity index (χ2v) is 7.76. The minimum absolute atomic E-state index is 0.0574. The number of ether oxygens (including phenoxy) is 2.